The zero-order chi connectivity index (χ0) is 43.3. The number of nitrogen functional groups attached to an aromatic ring is 2. The van der Waals surface area contributed by atoms with Crippen molar-refractivity contribution in [3.63, 3.8) is 0 Å². The standard InChI is InChI=1S/C36H63ClN18O4/c37-28-30(39)53-29(38)27(52-28)31(56)54-34(44)47-16-2-1-9-25-10-12-26(13-11-25)59-24-23-55(21-7-19-50-35(57)48-17-5-3-14-45-32(40)41)22-8-20-51-36(58)49-18-6-4-15-46-33(42)43/h10-13H,1-9,14-24H2,(H4,38,39,53)(H4,40,41,45)(H4,42,43,46)(H2,48,50,57)(H2,49,51,58)(H3,44,47,54,56). The molecule has 2 aromatic rings. The largest absolute Gasteiger partial charge is 0.492 e. The van der Waals surface area contributed by atoms with Gasteiger partial charge in [-0.05, 0) is 88.6 Å². The smallest absolute Gasteiger partial charge is 0.314 e. The van der Waals surface area contributed by atoms with Crippen molar-refractivity contribution in [2.24, 2.45) is 11.5 Å². The summed E-state index contributed by atoms with van der Waals surface area (Å²) in [4.78, 5) is 46.6. The molecule has 0 aliphatic rings. The number of nitrogens with one attached hydrogen (secondary N) is 11. The number of aryl methyl sites for hydroxylation is 1. The second kappa shape index (κ2) is 29.2. The number of carbonyl (C=O) groups is 3. The number of anilines is 2. The molecule has 2 rings (SSSR count). The predicted molar refractivity (Wildman–Crippen MR) is 231 cm³/mol. The molecular weight excluding hydrogens is 784 g/mol. The minimum absolute atomic E-state index is 0.0665. The summed E-state index contributed by atoms with van der Waals surface area (Å²) in [5.74, 6) is -0.576. The normalized spacial score (nSPS) is 10.6. The van der Waals surface area contributed by atoms with Gasteiger partial charge in [-0.25, -0.2) is 19.6 Å². The van der Waals surface area contributed by atoms with E-state index < -0.39 is 5.91 Å². The number of nitrogens with zero attached hydrogens (tertiary/aromatic N) is 3. The molecule has 0 bridgehead atoms. The van der Waals surface area contributed by atoms with Crippen molar-refractivity contribution in [3.8, 4) is 5.75 Å². The van der Waals surface area contributed by atoms with Crippen molar-refractivity contribution in [2.75, 3.05) is 83.5 Å². The lowest BCUT2D eigenvalue weighted by atomic mass is 10.1. The maximum absolute atomic E-state index is 12.4. The zero-order valence-corrected chi connectivity index (χ0v) is 34.4. The van der Waals surface area contributed by atoms with Gasteiger partial charge in [-0.15, -0.1) is 0 Å². The van der Waals surface area contributed by atoms with E-state index in [0.717, 1.165) is 82.2 Å². The molecule has 0 fully saturated rings. The fraction of sp³-hybridized carbons (Fsp3) is 0.556. The van der Waals surface area contributed by atoms with Crippen LogP contribution in [0.3, 0.4) is 0 Å². The number of hydrogen-bond acceptors (Lipinski definition) is 12. The minimum Gasteiger partial charge on any atom is -0.492 e. The van der Waals surface area contributed by atoms with Gasteiger partial charge < -0.3 is 64.9 Å². The summed E-state index contributed by atoms with van der Waals surface area (Å²) in [6.45, 7) is 6.24. The number of guanidine groups is 3. The van der Waals surface area contributed by atoms with E-state index in [9.17, 15) is 14.4 Å². The number of carbonyl (C=O) groups excluding carboxylic acids is 3. The summed E-state index contributed by atoms with van der Waals surface area (Å²) in [6.07, 6.45) is 6.98. The van der Waals surface area contributed by atoms with Crippen LogP contribution in [0.1, 0.15) is 67.4 Å². The molecule has 19 N–H and O–H groups in total. The second-order valence-electron chi connectivity index (χ2n) is 13.3. The second-order valence-corrected chi connectivity index (χ2v) is 13.7. The number of hydrogen-bond donors (Lipinski definition) is 15. The number of aromatic nitrogens is 2. The molecule has 59 heavy (non-hydrogen) atoms. The highest BCUT2D eigenvalue weighted by Gasteiger charge is 2.17. The highest BCUT2D eigenvalue weighted by atomic mass is 35.5. The first-order valence-corrected chi connectivity index (χ1v) is 20.1. The summed E-state index contributed by atoms with van der Waals surface area (Å²) in [5.41, 5.74) is 22.7. The van der Waals surface area contributed by atoms with E-state index in [-0.39, 0.29) is 52.4 Å². The Balaban J connectivity index is 1.70. The van der Waals surface area contributed by atoms with Crippen LogP contribution in [0.2, 0.25) is 5.15 Å². The summed E-state index contributed by atoms with van der Waals surface area (Å²) in [5, 5.41) is 44.3. The number of amides is 5. The van der Waals surface area contributed by atoms with Gasteiger partial charge in [0, 0.05) is 52.4 Å². The van der Waals surface area contributed by atoms with Crippen LogP contribution in [-0.2, 0) is 6.42 Å². The first kappa shape index (κ1) is 49.1. The van der Waals surface area contributed by atoms with Gasteiger partial charge in [0.2, 0.25) is 0 Å². The molecule has 1 aromatic heterocycles. The molecule has 0 aliphatic carbocycles. The summed E-state index contributed by atoms with van der Waals surface area (Å²) in [7, 11) is 0. The molecule has 22 nitrogen and oxygen atoms in total. The van der Waals surface area contributed by atoms with Gasteiger partial charge in [0.1, 0.15) is 12.4 Å². The molecule has 0 saturated heterocycles. The Kier molecular flexibility index (Phi) is 24.3. The Labute approximate surface area is 350 Å². The van der Waals surface area contributed by atoms with E-state index in [1.165, 1.54) is 0 Å². The highest BCUT2D eigenvalue weighted by molar-refractivity contribution is 6.31. The fourth-order valence-corrected chi connectivity index (χ4v) is 5.48. The van der Waals surface area contributed by atoms with Crippen LogP contribution in [0.5, 0.6) is 5.75 Å². The topological polar surface area (TPSA) is 361 Å². The van der Waals surface area contributed by atoms with Gasteiger partial charge in [0.15, 0.2) is 40.4 Å². The van der Waals surface area contributed by atoms with Crippen molar-refractivity contribution >= 4 is 59.1 Å². The lowest BCUT2D eigenvalue weighted by Gasteiger charge is -2.23. The Morgan fingerprint density at radius 3 is 1.63 bits per heavy atom. The summed E-state index contributed by atoms with van der Waals surface area (Å²) < 4.78 is 6.06. The number of ether oxygens (including phenoxy) is 1. The minimum atomic E-state index is -0.721. The van der Waals surface area contributed by atoms with E-state index in [2.05, 4.69) is 57.4 Å². The molecule has 0 spiro atoms. The maximum Gasteiger partial charge on any atom is 0.314 e. The van der Waals surface area contributed by atoms with Crippen LogP contribution in [0.25, 0.3) is 0 Å². The highest BCUT2D eigenvalue weighted by Crippen LogP contribution is 2.17. The third kappa shape index (κ3) is 23.7. The van der Waals surface area contributed by atoms with E-state index in [1.807, 2.05) is 24.3 Å². The maximum atomic E-state index is 12.4. The molecule has 1 aromatic carbocycles. The molecule has 1 heterocycles. The van der Waals surface area contributed by atoms with Gasteiger partial charge in [0.05, 0.1) is 0 Å². The van der Waals surface area contributed by atoms with Crippen molar-refractivity contribution in [1.29, 1.82) is 16.2 Å². The van der Waals surface area contributed by atoms with E-state index in [4.69, 9.17) is 55.5 Å². The van der Waals surface area contributed by atoms with Gasteiger partial charge >= 0.3 is 12.1 Å². The number of halogens is 1. The lowest BCUT2D eigenvalue weighted by Crippen LogP contribution is -2.41. The lowest BCUT2D eigenvalue weighted by molar-refractivity contribution is 0.0971. The van der Waals surface area contributed by atoms with E-state index in [1.54, 1.807) is 0 Å². The van der Waals surface area contributed by atoms with Gasteiger partial charge in [-0.3, -0.25) is 31.2 Å². The predicted octanol–water partition coefficient (Wildman–Crippen LogP) is 0.157. The Bertz CT molecular complexity index is 1570. The molecule has 23 heteroatoms. The van der Waals surface area contributed by atoms with E-state index in [0.29, 0.717) is 59.0 Å². The molecule has 0 unspecified atom stereocenters. The third-order valence-corrected chi connectivity index (χ3v) is 8.71. The molecule has 0 atom stereocenters. The van der Waals surface area contributed by atoms with Crippen molar-refractivity contribution in [1.82, 2.24) is 57.4 Å². The fourth-order valence-electron chi connectivity index (χ4n) is 5.36. The molecular formula is C36H63ClN18O4. The van der Waals surface area contributed by atoms with Crippen LogP contribution in [0.15, 0.2) is 24.3 Å². The number of nitrogens with two attached hydrogens (primary N) is 4. The van der Waals surface area contributed by atoms with Crippen molar-refractivity contribution in [3.05, 3.63) is 40.7 Å². The average molecular weight is 847 g/mol. The first-order chi connectivity index (χ1) is 28.3. The number of urea groups is 2. The molecule has 0 radical (unpaired) electrons. The van der Waals surface area contributed by atoms with Crippen LogP contribution < -0.4 is 70.2 Å². The van der Waals surface area contributed by atoms with Crippen LogP contribution in [-0.4, -0.2) is 123 Å². The average Bonchev–Trinajstić information content (AvgIpc) is 3.19. The first-order valence-electron chi connectivity index (χ1n) is 19.7. The number of unbranched alkanes of at least 4 members (excludes halogenated alkanes) is 3. The van der Waals surface area contributed by atoms with Crippen molar-refractivity contribution < 1.29 is 19.1 Å². The molecule has 0 aliphatic heterocycles. The van der Waals surface area contributed by atoms with E-state index >= 15 is 0 Å². The molecule has 328 valence electrons. The van der Waals surface area contributed by atoms with Gasteiger partial charge in [-0.1, -0.05) is 23.7 Å². The zero-order valence-electron chi connectivity index (χ0n) is 33.6. The van der Waals surface area contributed by atoms with Gasteiger partial charge in [-0.2, -0.15) is 0 Å². The summed E-state index contributed by atoms with van der Waals surface area (Å²) in [6, 6.07) is 7.46. The quantitative estimate of drug-likeness (QED) is 0.0308. The summed E-state index contributed by atoms with van der Waals surface area (Å²) >= 11 is 5.83. The Hall–Kier alpha value is -6.03. The van der Waals surface area contributed by atoms with Crippen LogP contribution in [0, 0.1) is 16.2 Å². The SMILES string of the molecule is N=C(N)NCCCCNC(=O)NCCCN(CCCNC(=O)NCCCCNC(=N)N)CCOc1ccc(CCCCNC(=N)NC(=O)c2nc(Cl)c(N)nc2N)cc1. The number of rotatable bonds is 28. The Morgan fingerprint density at radius 1 is 0.627 bits per heavy atom. The Morgan fingerprint density at radius 2 is 1.10 bits per heavy atom. The van der Waals surface area contributed by atoms with Crippen LogP contribution in [0.4, 0.5) is 21.2 Å². The van der Waals surface area contributed by atoms with Crippen LogP contribution >= 0.6 is 11.6 Å². The molecule has 0 saturated carbocycles. The molecule has 5 amide bonds. The van der Waals surface area contributed by atoms with Crippen molar-refractivity contribution in [2.45, 2.75) is 57.8 Å². The number of benzene rings is 1. The monoisotopic (exact) mass is 846 g/mol. The third-order valence-electron chi connectivity index (χ3n) is 8.43. The van der Waals surface area contributed by atoms with Gasteiger partial charge in [0.25, 0.3) is 5.91 Å².